The number of aromatic nitrogens is 2. The van der Waals surface area contributed by atoms with Crippen LogP contribution in [0.25, 0.3) is 11.3 Å². The van der Waals surface area contributed by atoms with Crippen LogP contribution in [0.4, 0.5) is 8.78 Å². The fourth-order valence-corrected chi connectivity index (χ4v) is 6.18. The predicted octanol–water partition coefficient (Wildman–Crippen LogP) is 3.82. The molecule has 3 atom stereocenters. The summed E-state index contributed by atoms with van der Waals surface area (Å²) in [6.45, 7) is 7.62. The van der Waals surface area contributed by atoms with Gasteiger partial charge in [-0.3, -0.25) is 4.79 Å². The number of carbonyl (C=O) groups excluding carboxylic acids is 1. The van der Waals surface area contributed by atoms with Crippen LogP contribution in [-0.4, -0.2) is 46.8 Å². The summed E-state index contributed by atoms with van der Waals surface area (Å²) in [4.78, 5) is 13.8. The smallest absolute Gasteiger partial charge is 0.219 e. The number of rotatable bonds is 2. The number of nitrogens with zero attached hydrogens (tertiary/aromatic N) is 3. The number of hydrogen-bond acceptors (Lipinski definition) is 4. The third-order valence-electron chi connectivity index (χ3n) is 7.75. The third kappa shape index (κ3) is 2.44. The van der Waals surface area contributed by atoms with E-state index >= 15 is 0 Å². The molecule has 2 fully saturated rings. The Balaban J connectivity index is 1.62. The van der Waals surface area contributed by atoms with E-state index in [9.17, 15) is 13.6 Å². The van der Waals surface area contributed by atoms with Gasteiger partial charge in [0.2, 0.25) is 5.91 Å². The number of morpholine rings is 1. The number of ether oxygens (including phenoxy) is 1. The molecule has 1 saturated carbocycles. The Morgan fingerprint density at radius 1 is 1.23 bits per heavy atom. The highest BCUT2D eigenvalue weighted by atomic mass is 19.1. The SMILES string of the molecule is CC(=O)N1CCO[C@@H]([C@@]23CC[C@@H](c4cc(-c5c(F)cccc5F)nnc42)C3(C)C)C1. The summed E-state index contributed by atoms with van der Waals surface area (Å²) in [7, 11) is 0. The number of hydrogen-bond donors (Lipinski definition) is 0. The van der Waals surface area contributed by atoms with Crippen LogP contribution < -0.4 is 0 Å². The third-order valence-corrected chi connectivity index (χ3v) is 7.75. The standard InChI is InChI=1S/C23H25F2N3O2/c1-13(29)28-9-10-30-19(12-28)23-8-7-15(22(23,2)3)14-11-18(26-27-21(14)23)20-16(24)5-4-6-17(20)25/h4-6,11,15,19H,7-10,12H2,1-3H3/t15-,19+,23-/m0/s1. The van der Waals surface area contributed by atoms with Gasteiger partial charge in [-0.2, -0.15) is 10.2 Å². The number of amides is 1. The van der Waals surface area contributed by atoms with E-state index in [-0.39, 0.29) is 40.0 Å². The second-order valence-electron chi connectivity index (χ2n) is 9.24. The van der Waals surface area contributed by atoms with Crippen molar-refractivity contribution in [3.8, 4) is 11.3 Å². The van der Waals surface area contributed by atoms with Crippen molar-refractivity contribution in [2.75, 3.05) is 19.7 Å². The molecule has 5 rings (SSSR count). The van der Waals surface area contributed by atoms with Crippen LogP contribution in [0.1, 0.15) is 50.8 Å². The first kappa shape index (κ1) is 19.5. The van der Waals surface area contributed by atoms with E-state index in [1.54, 1.807) is 6.92 Å². The van der Waals surface area contributed by atoms with E-state index in [0.717, 1.165) is 24.1 Å². The summed E-state index contributed by atoms with van der Waals surface area (Å²) in [5.41, 5.74) is 1.40. The minimum atomic E-state index is -0.644. The normalized spacial score (nSPS) is 29.2. The van der Waals surface area contributed by atoms with Crippen LogP contribution in [0.3, 0.4) is 0 Å². The molecule has 2 heterocycles. The lowest BCUT2D eigenvalue weighted by atomic mass is 9.64. The Labute approximate surface area is 174 Å². The minimum absolute atomic E-state index is 0.0433. The molecule has 0 N–H and O–H groups in total. The van der Waals surface area contributed by atoms with Gasteiger partial charge in [-0.1, -0.05) is 19.9 Å². The molecule has 3 aliphatic rings. The molecule has 0 unspecified atom stereocenters. The largest absolute Gasteiger partial charge is 0.374 e. The van der Waals surface area contributed by atoms with Crippen molar-refractivity contribution < 1.29 is 18.3 Å². The second-order valence-corrected chi connectivity index (χ2v) is 9.24. The fourth-order valence-electron chi connectivity index (χ4n) is 6.18. The number of halogens is 2. The van der Waals surface area contributed by atoms with E-state index in [1.807, 2.05) is 11.0 Å². The van der Waals surface area contributed by atoms with E-state index in [2.05, 4.69) is 24.0 Å². The van der Waals surface area contributed by atoms with Gasteiger partial charge in [0.25, 0.3) is 0 Å². The molecule has 30 heavy (non-hydrogen) atoms. The number of fused-ring (bicyclic) bond motifs is 5. The van der Waals surface area contributed by atoms with Crippen LogP contribution in [-0.2, 0) is 14.9 Å². The maximum atomic E-state index is 14.3. The molecule has 1 amide bonds. The highest BCUT2D eigenvalue weighted by molar-refractivity contribution is 5.73. The summed E-state index contributed by atoms with van der Waals surface area (Å²) >= 11 is 0. The van der Waals surface area contributed by atoms with E-state index in [0.29, 0.717) is 19.7 Å². The molecular weight excluding hydrogens is 388 g/mol. The second kappa shape index (κ2) is 6.54. The van der Waals surface area contributed by atoms with Crippen molar-refractivity contribution in [2.24, 2.45) is 5.41 Å². The Kier molecular flexibility index (Phi) is 4.26. The Bertz CT molecular complexity index is 1020. The van der Waals surface area contributed by atoms with E-state index in [4.69, 9.17) is 4.74 Å². The quantitative estimate of drug-likeness (QED) is 0.751. The average Bonchev–Trinajstić information content (AvgIpc) is 3.09. The van der Waals surface area contributed by atoms with Gasteiger partial charge in [0, 0.05) is 25.4 Å². The van der Waals surface area contributed by atoms with E-state index in [1.165, 1.54) is 18.2 Å². The van der Waals surface area contributed by atoms with Gasteiger partial charge in [0.15, 0.2) is 0 Å². The summed E-state index contributed by atoms with van der Waals surface area (Å²) in [6, 6.07) is 5.62. The topological polar surface area (TPSA) is 55.3 Å². The molecule has 158 valence electrons. The van der Waals surface area contributed by atoms with Gasteiger partial charge in [0.05, 0.1) is 29.7 Å². The van der Waals surface area contributed by atoms with Crippen molar-refractivity contribution in [1.82, 2.24) is 15.1 Å². The van der Waals surface area contributed by atoms with Gasteiger partial charge >= 0.3 is 0 Å². The average molecular weight is 413 g/mol. The van der Waals surface area contributed by atoms with Crippen LogP contribution in [0.2, 0.25) is 0 Å². The first-order valence-electron chi connectivity index (χ1n) is 10.5. The van der Waals surface area contributed by atoms with Crippen molar-refractivity contribution in [3.63, 3.8) is 0 Å². The maximum absolute atomic E-state index is 14.3. The molecule has 1 aromatic carbocycles. The Morgan fingerprint density at radius 3 is 2.67 bits per heavy atom. The van der Waals surface area contributed by atoms with Crippen LogP contribution >= 0.6 is 0 Å². The zero-order valence-corrected chi connectivity index (χ0v) is 17.4. The highest BCUT2D eigenvalue weighted by Crippen LogP contribution is 2.69. The molecule has 5 nitrogen and oxygen atoms in total. The van der Waals surface area contributed by atoms with Gasteiger partial charge in [-0.05, 0) is 47.9 Å². The van der Waals surface area contributed by atoms with Crippen LogP contribution in [0.15, 0.2) is 24.3 Å². The van der Waals surface area contributed by atoms with Crippen molar-refractivity contribution in [3.05, 3.63) is 47.2 Å². The molecular formula is C23H25F2N3O2. The van der Waals surface area contributed by atoms with Crippen LogP contribution in [0.5, 0.6) is 0 Å². The van der Waals surface area contributed by atoms with Crippen LogP contribution in [0, 0.1) is 17.0 Å². The lowest BCUT2D eigenvalue weighted by Gasteiger charge is -2.47. The Morgan fingerprint density at radius 2 is 1.97 bits per heavy atom. The summed E-state index contributed by atoms with van der Waals surface area (Å²) < 4.78 is 34.9. The molecule has 1 aliphatic heterocycles. The number of carbonyl (C=O) groups is 1. The molecule has 7 heteroatoms. The summed E-state index contributed by atoms with van der Waals surface area (Å²) in [5.74, 6) is -1.04. The molecule has 1 saturated heterocycles. The molecule has 0 radical (unpaired) electrons. The molecule has 2 bridgehead atoms. The molecule has 2 aromatic rings. The highest BCUT2D eigenvalue weighted by Gasteiger charge is 2.67. The lowest BCUT2D eigenvalue weighted by molar-refractivity contribution is -0.143. The molecule has 0 spiro atoms. The number of benzene rings is 1. The zero-order valence-electron chi connectivity index (χ0n) is 17.4. The van der Waals surface area contributed by atoms with Gasteiger partial charge in [-0.25, -0.2) is 8.78 Å². The fraction of sp³-hybridized carbons (Fsp3) is 0.522. The molecule has 1 aromatic heterocycles. The Hall–Kier alpha value is -2.41. The van der Waals surface area contributed by atoms with Gasteiger partial charge in [0.1, 0.15) is 11.6 Å². The first-order chi connectivity index (χ1) is 14.3. The van der Waals surface area contributed by atoms with Gasteiger partial charge < -0.3 is 9.64 Å². The van der Waals surface area contributed by atoms with Gasteiger partial charge in [-0.15, -0.1) is 0 Å². The van der Waals surface area contributed by atoms with Crippen molar-refractivity contribution >= 4 is 5.91 Å². The maximum Gasteiger partial charge on any atom is 0.219 e. The monoisotopic (exact) mass is 413 g/mol. The van der Waals surface area contributed by atoms with Crippen molar-refractivity contribution in [2.45, 2.75) is 51.0 Å². The molecule has 2 aliphatic carbocycles. The summed E-state index contributed by atoms with van der Waals surface area (Å²) in [6.07, 6.45) is 1.67. The van der Waals surface area contributed by atoms with Crippen molar-refractivity contribution in [1.29, 1.82) is 0 Å². The predicted molar refractivity (Wildman–Crippen MR) is 107 cm³/mol. The minimum Gasteiger partial charge on any atom is -0.374 e. The zero-order chi connectivity index (χ0) is 21.3. The lowest BCUT2D eigenvalue weighted by Crippen LogP contribution is -2.57. The van der Waals surface area contributed by atoms with E-state index < -0.39 is 11.6 Å². The summed E-state index contributed by atoms with van der Waals surface area (Å²) in [5, 5.41) is 8.80. The first-order valence-corrected chi connectivity index (χ1v) is 10.5.